The molecule has 1 N–H and O–H groups in total. The predicted octanol–water partition coefficient (Wildman–Crippen LogP) is 2.98. The first-order valence-electron chi connectivity index (χ1n) is 9.32. The van der Waals surface area contributed by atoms with Crippen LogP contribution in [-0.2, 0) is 16.1 Å². The number of thioether (sulfide) groups is 1. The number of carbonyl (C=O) groups excluding carboxylic acids is 1. The van der Waals surface area contributed by atoms with Gasteiger partial charge in [0, 0.05) is 13.7 Å². The molecule has 1 amide bonds. The third-order valence-corrected chi connectivity index (χ3v) is 5.20. The van der Waals surface area contributed by atoms with Gasteiger partial charge < -0.3 is 24.1 Å². The summed E-state index contributed by atoms with van der Waals surface area (Å²) in [5.41, 5.74) is 1.91. The SMILES string of the molecule is COCCNC(=O)CSc1nc2ccccc2n1CCOc1ccccc1OC. The molecule has 8 heteroatoms. The Morgan fingerprint density at radius 2 is 1.83 bits per heavy atom. The van der Waals surface area contributed by atoms with Crippen LogP contribution in [0.15, 0.2) is 53.7 Å². The zero-order valence-corrected chi connectivity index (χ0v) is 17.4. The van der Waals surface area contributed by atoms with Crippen LogP contribution < -0.4 is 14.8 Å². The van der Waals surface area contributed by atoms with Gasteiger partial charge in [-0.15, -0.1) is 0 Å². The Kier molecular flexibility index (Phi) is 7.77. The van der Waals surface area contributed by atoms with Crippen LogP contribution in [0.5, 0.6) is 11.5 Å². The van der Waals surface area contributed by atoms with Gasteiger partial charge in [-0.05, 0) is 24.3 Å². The molecule has 3 aromatic rings. The summed E-state index contributed by atoms with van der Waals surface area (Å²) >= 11 is 1.41. The van der Waals surface area contributed by atoms with E-state index in [2.05, 4.69) is 14.9 Å². The van der Waals surface area contributed by atoms with E-state index in [4.69, 9.17) is 14.2 Å². The standard InChI is InChI=1S/C21H25N3O4S/c1-26-13-11-22-20(25)15-29-21-23-16-7-3-4-8-17(16)24(21)12-14-28-19-10-6-5-9-18(19)27-2/h3-10H,11-15H2,1-2H3,(H,22,25). The van der Waals surface area contributed by atoms with Crippen molar-refractivity contribution in [3.05, 3.63) is 48.5 Å². The molecule has 3 rings (SSSR count). The van der Waals surface area contributed by atoms with Crippen LogP contribution in [0.3, 0.4) is 0 Å². The number of rotatable bonds is 11. The molecule has 0 saturated carbocycles. The molecule has 0 radical (unpaired) electrons. The molecule has 0 aliphatic rings. The van der Waals surface area contributed by atoms with Gasteiger partial charge in [-0.2, -0.15) is 0 Å². The second-order valence-electron chi connectivity index (χ2n) is 6.17. The number of aromatic nitrogens is 2. The maximum absolute atomic E-state index is 12.0. The number of fused-ring (bicyclic) bond motifs is 1. The van der Waals surface area contributed by atoms with Gasteiger partial charge in [0.25, 0.3) is 0 Å². The third-order valence-electron chi connectivity index (χ3n) is 4.22. The third kappa shape index (κ3) is 5.65. The topological polar surface area (TPSA) is 74.6 Å². The van der Waals surface area contributed by atoms with E-state index in [1.807, 2.05) is 48.5 Å². The summed E-state index contributed by atoms with van der Waals surface area (Å²) in [6, 6.07) is 15.5. The van der Waals surface area contributed by atoms with E-state index in [1.165, 1.54) is 11.8 Å². The molecule has 29 heavy (non-hydrogen) atoms. The van der Waals surface area contributed by atoms with Gasteiger partial charge in [0.15, 0.2) is 16.7 Å². The van der Waals surface area contributed by atoms with Crippen LogP contribution in [0.1, 0.15) is 0 Å². The molecule has 0 spiro atoms. The average Bonchev–Trinajstić information content (AvgIpc) is 3.10. The summed E-state index contributed by atoms with van der Waals surface area (Å²) in [6.45, 7) is 2.05. The van der Waals surface area contributed by atoms with Gasteiger partial charge in [0.1, 0.15) is 6.61 Å². The lowest BCUT2D eigenvalue weighted by Gasteiger charge is -2.12. The first-order chi connectivity index (χ1) is 14.2. The van der Waals surface area contributed by atoms with Crippen molar-refractivity contribution in [2.24, 2.45) is 0 Å². The van der Waals surface area contributed by atoms with Crippen molar-refractivity contribution in [2.45, 2.75) is 11.7 Å². The van der Waals surface area contributed by atoms with E-state index in [0.29, 0.717) is 43.6 Å². The van der Waals surface area contributed by atoms with E-state index in [1.54, 1.807) is 14.2 Å². The lowest BCUT2D eigenvalue weighted by molar-refractivity contribution is -0.118. The fourth-order valence-corrected chi connectivity index (χ4v) is 3.71. The molecule has 0 saturated heterocycles. The smallest absolute Gasteiger partial charge is 0.230 e. The zero-order chi connectivity index (χ0) is 20.5. The van der Waals surface area contributed by atoms with Crippen molar-refractivity contribution in [3.8, 4) is 11.5 Å². The van der Waals surface area contributed by atoms with Gasteiger partial charge >= 0.3 is 0 Å². The number of nitrogens with zero attached hydrogens (tertiary/aromatic N) is 2. The van der Waals surface area contributed by atoms with E-state index in [0.717, 1.165) is 16.2 Å². The highest BCUT2D eigenvalue weighted by Crippen LogP contribution is 2.27. The quantitative estimate of drug-likeness (QED) is 0.383. The molecule has 0 aliphatic carbocycles. The summed E-state index contributed by atoms with van der Waals surface area (Å²) in [6.07, 6.45) is 0. The van der Waals surface area contributed by atoms with Crippen molar-refractivity contribution in [1.82, 2.24) is 14.9 Å². The predicted molar refractivity (Wildman–Crippen MR) is 114 cm³/mol. The Morgan fingerprint density at radius 3 is 2.62 bits per heavy atom. The van der Waals surface area contributed by atoms with E-state index in [-0.39, 0.29) is 5.91 Å². The Labute approximate surface area is 174 Å². The summed E-state index contributed by atoms with van der Waals surface area (Å²) in [4.78, 5) is 16.7. The molecule has 7 nitrogen and oxygen atoms in total. The summed E-state index contributed by atoms with van der Waals surface area (Å²) in [5.74, 6) is 1.65. The van der Waals surface area contributed by atoms with Gasteiger partial charge in [-0.25, -0.2) is 4.98 Å². The van der Waals surface area contributed by atoms with Crippen molar-refractivity contribution < 1.29 is 19.0 Å². The number of benzene rings is 2. The van der Waals surface area contributed by atoms with Gasteiger partial charge in [-0.1, -0.05) is 36.0 Å². The molecule has 0 fully saturated rings. The Hall–Kier alpha value is -2.71. The molecule has 154 valence electrons. The fourth-order valence-electron chi connectivity index (χ4n) is 2.84. The van der Waals surface area contributed by atoms with Crippen molar-refractivity contribution in [1.29, 1.82) is 0 Å². The van der Waals surface area contributed by atoms with E-state index in [9.17, 15) is 4.79 Å². The highest BCUT2D eigenvalue weighted by molar-refractivity contribution is 7.99. The number of nitrogens with one attached hydrogen (secondary N) is 1. The number of imidazole rings is 1. The number of carbonyl (C=O) groups is 1. The number of hydrogen-bond acceptors (Lipinski definition) is 6. The van der Waals surface area contributed by atoms with E-state index >= 15 is 0 Å². The number of hydrogen-bond donors (Lipinski definition) is 1. The highest BCUT2D eigenvalue weighted by atomic mass is 32.2. The lowest BCUT2D eigenvalue weighted by Crippen LogP contribution is -2.28. The number of amides is 1. The van der Waals surface area contributed by atoms with Gasteiger partial charge in [-0.3, -0.25) is 4.79 Å². The minimum absolute atomic E-state index is 0.0454. The van der Waals surface area contributed by atoms with Crippen molar-refractivity contribution in [2.75, 3.05) is 39.7 Å². The van der Waals surface area contributed by atoms with Crippen LogP contribution in [-0.4, -0.2) is 55.2 Å². The molecule has 0 bridgehead atoms. The average molecular weight is 416 g/mol. The first-order valence-corrected chi connectivity index (χ1v) is 10.3. The largest absolute Gasteiger partial charge is 0.493 e. The maximum Gasteiger partial charge on any atom is 0.230 e. The number of ether oxygens (including phenoxy) is 3. The van der Waals surface area contributed by atoms with Crippen molar-refractivity contribution in [3.63, 3.8) is 0 Å². The molecular weight excluding hydrogens is 390 g/mol. The van der Waals surface area contributed by atoms with Gasteiger partial charge in [0.2, 0.25) is 5.91 Å². The second-order valence-corrected chi connectivity index (χ2v) is 7.11. The summed E-state index contributed by atoms with van der Waals surface area (Å²) in [7, 11) is 3.23. The Balaban J connectivity index is 1.67. The van der Waals surface area contributed by atoms with Crippen LogP contribution in [0.4, 0.5) is 0 Å². The molecule has 2 aromatic carbocycles. The van der Waals surface area contributed by atoms with Crippen LogP contribution >= 0.6 is 11.8 Å². The minimum atomic E-state index is -0.0454. The van der Waals surface area contributed by atoms with Gasteiger partial charge in [0.05, 0.1) is 37.0 Å². The van der Waals surface area contributed by atoms with Crippen LogP contribution in [0.2, 0.25) is 0 Å². The Morgan fingerprint density at radius 1 is 1.07 bits per heavy atom. The molecule has 1 aromatic heterocycles. The molecule has 0 unspecified atom stereocenters. The second kappa shape index (κ2) is 10.7. The van der Waals surface area contributed by atoms with E-state index < -0.39 is 0 Å². The first kappa shape index (κ1) is 21.0. The summed E-state index contributed by atoms with van der Waals surface area (Å²) < 4.78 is 18.3. The molecule has 0 atom stereocenters. The molecule has 0 aliphatic heterocycles. The monoisotopic (exact) mass is 415 g/mol. The minimum Gasteiger partial charge on any atom is -0.493 e. The number of para-hydroxylation sites is 4. The molecule has 1 heterocycles. The summed E-state index contributed by atoms with van der Waals surface area (Å²) in [5, 5.41) is 3.61. The van der Waals surface area contributed by atoms with Crippen LogP contribution in [0, 0.1) is 0 Å². The number of methoxy groups -OCH3 is 2. The normalized spacial score (nSPS) is 10.8. The van der Waals surface area contributed by atoms with Crippen molar-refractivity contribution >= 4 is 28.7 Å². The fraction of sp³-hybridized carbons (Fsp3) is 0.333. The zero-order valence-electron chi connectivity index (χ0n) is 16.6. The maximum atomic E-state index is 12.0. The molecular formula is C21H25N3O4S. The van der Waals surface area contributed by atoms with Crippen LogP contribution in [0.25, 0.3) is 11.0 Å². The lowest BCUT2D eigenvalue weighted by atomic mass is 10.3. The highest BCUT2D eigenvalue weighted by Gasteiger charge is 2.13. The Bertz CT molecular complexity index is 945.